The van der Waals surface area contributed by atoms with E-state index >= 15 is 0 Å². The minimum atomic E-state index is -5.16. The summed E-state index contributed by atoms with van der Waals surface area (Å²) in [5.41, 5.74) is -10.5. The Hall–Kier alpha value is -8.29. The van der Waals surface area contributed by atoms with Crippen LogP contribution in [0.3, 0.4) is 0 Å². The Labute approximate surface area is 572 Å². The van der Waals surface area contributed by atoms with Crippen LogP contribution in [-0.2, 0) is 13.1 Å². The molecule has 8 aromatic carbocycles. The van der Waals surface area contributed by atoms with Gasteiger partial charge in [0.2, 0.25) is 0 Å². The number of hydrogen-bond acceptors (Lipinski definition) is 0. The van der Waals surface area contributed by atoms with Gasteiger partial charge in [-0.2, -0.15) is 0 Å². The van der Waals surface area contributed by atoms with E-state index in [1.807, 2.05) is 0 Å². The van der Waals surface area contributed by atoms with Gasteiger partial charge in [-0.15, -0.1) is 32.8 Å². The molecule has 0 spiro atoms. The van der Waals surface area contributed by atoms with E-state index in [0.717, 1.165) is 37.0 Å². The van der Waals surface area contributed by atoms with Crippen molar-refractivity contribution < 1.29 is 142 Å². The predicted molar refractivity (Wildman–Crippen MR) is 320 cm³/mol. The van der Waals surface area contributed by atoms with Crippen LogP contribution in [-0.4, -0.2) is 25.5 Å². The summed E-state index contributed by atoms with van der Waals surface area (Å²) in [6, 6.07) is 23.4. The van der Waals surface area contributed by atoms with Gasteiger partial charge in [-0.05, 0) is 48.3 Å². The van der Waals surface area contributed by atoms with Gasteiger partial charge < -0.3 is 10.6 Å². The lowest BCUT2D eigenvalue weighted by atomic mass is 9.36. The fourth-order valence-electron chi connectivity index (χ4n) is 15.9. The number of fused-ring (bicyclic) bond motifs is 4. The molecule has 4 bridgehead atoms. The van der Waals surface area contributed by atoms with E-state index in [4.69, 9.17) is 0 Å². The fraction of sp³-hybridized carbons (Fsp3) is 0.314. The lowest BCUT2D eigenvalue weighted by molar-refractivity contribution is -0.717. The maximum absolute atomic E-state index is 14.4. The largest absolute Gasteiger partial charge is 0.340 e. The topological polar surface area (TPSA) is 33.2 Å². The third kappa shape index (κ3) is 13.1. The van der Waals surface area contributed by atoms with Crippen molar-refractivity contribution >= 4 is 46.2 Å². The average Bonchev–Trinajstić information content (AvgIpc) is 1.38. The van der Waals surface area contributed by atoms with Crippen molar-refractivity contribution in [1.82, 2.24) is 0 Å². The van der Waals surface area contributed by atoms with Crippen molar-refractivity contribution in [3.05, 3.63) is 246 Å². The molecule has 0 unspecified atom stereocenters. The summed E-state index contributed by atoms with van der Waals surface area (Å²) in [5, 5.41) is 5.21. The van der Waals surface area contributed by atoms with E-state index in [1.54, 1.807) is 0 Å². The lowest BCUT2D eigenvalue weighted by Gasteiger charge is -2.37. The second-order valence-corrected chi connectivity index (χ2v) is 27.6. The van der Waals surface area contributed by atoms with Crippen LogP contribution in [0.2, 0.25) is 0 Å². The average molecular weight is 1510 g/mol. The molecule has 0 aromatic heterocycles. The van der Waals surface area contributed by atoms with Crippen LogP contribution in [0.25, 0.3) is 0 Å². The Morgan fingerprint density at radius 3 is 0.567 bits per heavy atom. The standard InChI is InChI=1S/2C18HBF15.2C17H25N/c2*20-4-1(5(21)11(27)16(32)10(4)26)19(2-6(22)12(28)17(33)13(29)7(2)23)3-8(24)14(30)18(34)15(31)9(3)25;2*1-16(2)14-9-10-17(16,3)15(11-14)18-12-13-7-5-4-6-8-13/h2*19H;2*4-8,14-15,18H,9-12H2,1-3H3/q2*-1;;/p+2/t;;2*14-,15-,17+/m..11/s1. The van der Waals surface area contributed by atoms with E-state index in [0.29, 0.717) is 21.7 Å². The first kappa shape index (κ1) is 79.8. The molecule has 4 aliphatic rings. The predicted octanol–water partition coefficient (Wildman–Crippen LogP) is 14.0. The molecule has 0 radical (unpaired) electrons. The summed E-state index contributed by atoms with van der Waals surface area (Å²) < 4.78 is 418. The Morgan fingerprint density at radius 2 is 0.423 bits per heavy atom. The molecular weight excluding hydrogens is 1460 g/mol. The van der Waals surface area contributed by atoms with Crippen molar-refractivity contribution in [2.24, 2.45) is 33.5 Å². The fourth-order valence-corrected chi connectivity index (χ4v) is 15.9. The normalized spacial score (nSPS) is 20.4. The van der Waals surface area contributed by atoms with Crippen LogP contribution in [0.15, 0.2) is 60.7 Å². The number of benzene rings is 8. The molecule has 560 valence electrons. The Morgan fingerprint density at radius 1 is 0.260 bits per heavy atom. The summed E-state index contributed by atoms with van der Waals surface area (Å²) >= 11 is 0. The van der Waals surface area contributed by atoms with Gasteiger partial charge in [0, 0.05) is 34.8 Å². The molecule has 4 saturated carbocycles. The summed E-state index contributed by atoms with van der Waals surface area (Å²) in [7, 11) is 0. The van der Waals surface area contributed by atoms with Gasteiger partial charge in [-0.3, -0.25) is 0 Å². The van der Waals surface area contributed by atoms with Gasteiger partial charge in [-0.25, -0.2) is 132 Å². The lowest BCUT2D eigenvalue weighted by Crippen LogP contribution is -2.91. The number of hydrogen-bond donors (Lipinski definition) is 2. The van der Waals surface area contributed by atoms with Crippen LogP contribution in [0.1, 0.15) is 91.2 Å². The number of nitrogens with two attached hydrogens (primary N) is 2. The molecule has 34 heteroatoms. The molecule has 0 saturated heterocycles. The molecule has 4 N–H and O–H groups in total. The van der Waals surface area contributed by atoms with E-state index < -0.39 is 221 Å². The third-order valence-electron chi connectivity index (χ3n) is 22.6. The first-order valence-electron chi connectivity index (χ1n) is 31.6. The van der Waals surface area contributed by atoms with Crippen molar-refractivity contribution in [3.8, 4) is 0 Å². The summed E-state index contributed by atoms with van der Waals surface area (Å²) in [6.07, 6.45) is 8.63. The van der Waals surface area contributed by atoms with Gasteiger partial charge in [0.25, 0.3) is 0 Å². The Bertz CT molecular complexity index is 3900. The number of rotatable bonds is 12. The highest BCUT2D eigenvalue weighted by Crippen LogP contribution is 2.65. The summed E-state index contributed by atoms with van der Waals surface area (Å²) in [5.74, 6) is -87.8. The molecule has 0 heterocycles. The summed E-state index contributed by atoms with van der Waals surface area (Å²) in [6.45, 7) is 7.03. The van der Waals surface area contributed by atoms with E-state index in [-0.39, 0.29) is 0 Å². The smallest absolute Gasteiger partial charge is 0.200 e. The monoisotopic (exact) mass is 1510 g/mol. The molecule has 8 aromatic rings. The maximum Gasteiger partial charge on any atom is 0.200 e. The molecule has 0 aliphatic heterocycles. The first-order chi connectivity index (χ1) is 48.4. The molecular formula is C70H54B2F30N2. The Kier molecular flexibility index (Phi) is 22.7. The zero-order valence-corrected chi connectivity index (χ0v) is 54.6. The molecule has 12 rings (SSSR count). The van der Waals surface area contributed by atoms with Crippen LogP contribution in [0.5, 0.6) is 0 Å². The van der Waals surface area contributed by atoms with E-state index in [2.05, 4.69) is 113 Å². The van der Waals surface area contributed by atoms with Crippen LogP contribution in [0, 0.1) is 208 Å². The van der Waals surface area contributed by atoms with Gasteiger partial charge >= 0.3 is 0 Å². The zero-order chi connectivity index (χ0) is 77.5. The molecule has 4 fully saturated rings. The van der Waals surface area contributed by atoms with E-state index in [1.165, 1.54) is 49.7 Å². The van der Waals surface area contributed by atoms with Crippen LogP contribution >= 0.6 is 0 Å². The van der Waals surface area contributed by atoms with Crippen LogP contribution < -0.4 is 43.4 Å². The minimum Gasteiger partial charge on any atom is -0.340 e. The highest BCUT2D eigenvalue weighted by molar-refractivity contribution is 6.96. The van der Waals surface area contributed by atoms with Crippen molar-refractivity contribution in [2.45, 2.75) is 105 Å². The second kappa shape index (κ2) is 29.6. The van der Waals surface area contributed by atoms with Gasteiger partial charge in [0.05, 0.1) is 25.5 Å². The molecule has 6 atom stereocenters. The molecule has 104 heavy (non-hydrogen) atoms. The third-order valence-corrected chi connectivity index (χ3v) is 22.6. The van der Waals surface area contributed by atoms with Crippen molar-refractivity contribution in [2.75, 3.05) is 0 Å². The maximum atomic E-state index is 14.4. The summed E-state index contributed by atoms with van der Waals surface area (Å²) in [4.78, 5) is 0. The minimum absolute atomic E-state index is 0.546. The van der Waals surface area contributed by atoms with Crippen molar-refractivity contribution in [3.63, 3.8) is 0 Å². The van der Waals surface area contributed by atoms with Crippen LogP contribution in [0.4, 0.5) is 132 Å². The van der Waals surface area contributed by atoms with Gasteiger partial charge in [0.15, 0.2) is 105 Å². The molecule has 4 aliphatic carbocycles. The molecule has 2 nitrogen and oxygen atoms in total. The van der Waals surface area contributed by atoms with E-state index in [9.17, 15) is 132 Å². The SMILES string of the molecule is CC1(C)[C@@H]2CC[C@@]1(C)[C@H]([NH2+]Cc1ccccc1)C2.CC1(C)[C@@H]2CC[C@@]1(C)[C@H]([NH2+]Cc1ccccc1)C2.Fc1c(F)c(F)c([BH-](c2c(F)c(F)c(F)c(F)c2F)c2c(F)c(F)c(F)c(F)c2F)c(F)c1F.Fc1c(F)c(F)c([BH-](c2c(F)c(F)c(F)c(F)c2F)c2c(F)c(F)c(F)c(F)c2F)c(F)c1F. The number of quaternary nitrogens is 2. The highest BCUT2D eigenvalue weighted by atomic mass is 19.2. The molecule has 0 amide bonds. The second-order valence-electron chi connectivity index (χ2n) is 27.6. The van der Waals surface area contributed by atoms with Gasteiger partial charge in [0.1, 0.15) is 82.9 Å². The first-order valence-corrected chi connectivity index (χ1v) is 31.6. The van der Waals surface area contributed by atoms with Gasteiger partial charge in [-0.1, -0.05) is 102 Å². The highest BCUT2D eigenvalue weighted by Gasteiger charge is 2.64. The Balaban J connectivity index is 0.000000167. The number of halogens is 30. The van der Waals surface area contributed by atoms with Crippen molar-refractivity contribution in [1.29, 1.82) is 0 Å². The quantitative estimate of drug-likeness (QED) is 0.0529. The zero-order valence-electron chi connectivity index (χ0n) is 54.6.